The highest BCUT2D eigenvalue weighted by Crippen LogP contribution is 2.66. The Morgan fingerprint density at radius 3 is 2.55 bits per heavy atom. The van der Waals surface area contributed by atoms with Gasteiger partial charge in [-0.2, -0.15) is 0 Å². The van der Waals surface area contributed by atoms with Crippen molar-refractivity contribution in [2.24, 2.45) is 4.99 Å². The number of benzene rings is 1. The molecule has 1 saturated heterocycles. The van der Waals surface area contributed by atoms with Gasteiger partial charge < -0.3 is 0 Å². The number of hydrogen-bond donors (Lipinski definition) is 0. The van der Waals surface area contributed by atoms with E-state index < -0.39 is 0 Å². The van der Waals surface area contributed by atoms with Crippen LogP contribution in [0.3, 0.4) is 0 Å². The van der Waals surface area contributed by atoms with Crippen LogP contribution >= 0.6 is 11.8 Å². The predicted molar refractivity (Wildman–Crippen MR) is 48.0 cm³/mol. The largest absolute Gasteiger partial charge is 0.272 e. The highest BCUT2D eigenvalue weighted by atomic mass is 32.2. The molecule has 0 bridgehead atoms. The molecule has 54 valence electrons. The third-order valence-electron chi connectivity index (χ3n) is 2.22. The summed E-state index contributed by atoms with van der Waals surface area (Å²) in [5.41, 5.74) is 1.36. The maximum absolute atomic E-state index is 4.38. The minimum Gasteiger partial charge on any atom is -0.272 e. The molecule has 3 rings (SSSR count). The van der Waals surface area contributed by atoms with E-state index >= 15 is 0 Å². The fourth-order valence-electron chi connectivity index (χ4n) is 1.47. The van der Waals surface area contributed by atoms with Gasteiger partial charge in [-0.3, -0.25) is 4.99 Å². The van der Waals surface area contributed by atoms with Crippen molar-refractivity contribution < 1.29 is 0 Å². The van der Waals surface area contributed by atoms with Gasteiger partial charge in [0.1, 0.15) is 4.87 Å². The number of aliphatic imine (C=N–C) groups is 1. The molecular weight excluding hydrogens is 154 g/mol. The molecule has 0 saturated carbocycles. The van der Waals surface area contributed by atoms with Gasteiger partial charge >= 0.3 is 0 Å². The standard InChI is InChI=1S/C9H7NS/c1-2-4-7(5-3-1)9-8(11-9)6-10-9/h1-6,8H. The molecule has 1 fully saturated rings. The van der Waals surface area contributed by atoms with Gasteiger partial charge in [-0.25, -0.2) is 0 Å². The van der Waals surface area contributed by atoms with Crippen LogP contribution < -0.4 is 0 Å². The van der Waals surface area contributed by atoms with Crippen LogP contribution in [-0.2, 0) is 4.87 Å². The summed E-state index contributed by atoms with van der Waals surface area (Å²) in [6.45, 7) is 0. The van der Waals surface area contributed by atoms with Gasteiger partial charge in [0.25, 0.3) is 0 Å². The molecule has 2 aliphatic heterocycles. The second-order valence-corrected chi connectivity index (χ2v) is 4.25. The molecule has 0 N–H and O–H groups in total. The Kier molecular flexibility index (Phi) is 0.899. The van der Waals surface area contributed by atoms with Gasteiger partial charge in [-0.15, -0.1) is 11.8 Å². The molecule has 2 atom stereocenters. The average molecular weight is 161 g/mol. The molecule has 1 aromatic carbocycles. The zero-order valence-corrected chi connectivity index (χ0v) is 6.71. The molecule has 1 aromatic rings. The summed E-state index contributed by atoms with van der Waals surface area (Å²) in [7, 11) is 0. The Morgan fingerprint density at radius 1 is 1.27 bits per heavy atom. The first kappa shape index (κ1) is 5.84. The first-order chi connectivity index (χ1) is 5.42. The minimum absolute atomic E-state index is 0.168. The third kappa shape index (κ3) is 0.607. The Labute approximate surface area is 69.5 Å². The Morgan fingerprint density at radius 2 is 2.09 bits per heavy atom. The summed E-state index contributed by atoms with van der Waals surface area (Å²) in [5.74, 6) is 0. The van der Waals surface area contributed by atoms with Crippen molar-refractivity contribution in [3.05, 3.63) is 35.9 Å². The summed E-state index contributed by atoms with van der Waals surface area (Å²) < 4.78 is 0. The van der Waals surface area contributed by atoms with Crippen molar-refractivity contribution in [3.8, 4) is 0 Å². The lowest BCUT2D eigenvalue weighted by molar-refractivity contribution is 0.749. The zero-order valence-electron chi connectivity index (χ0n) is 5.90. The van der Waals surface area contributed by atoms with Crippen LogP contribution in [0.15, 0.2) is 35.3 Å². The summed E-state index contributed by atoms with van der Waals surface area (Å²) >= 11 is 1.94. The molecule has 0 amide bonds. The van der Waals surface area contributed by atoms with Crippen LogP contribution in [0, 0.1) is 0 Å². The van der Waals surface area contributed by atoms with E-state index in [1.54, 1.807) is 0 Å². The fourth-order valence-corrected chi connectivity index (χ4v) is 2.57. The van der Waals surface area contributed by atoms with Gasteiger partial charge in [0.05, 0.1) is 5.25 Å². The van der Waals surface area contributed by atoms with E-state index in [-0.39, 0.29) is 4.87 Å². The Hall–Kier alpha value is -0.760. The van der Waals surface area contributed by atoms with E-state index in [4.69, 9.17) is 0 Å². The highest BCUT2D eigenvalue weighted by molar-refractivity contribution is 8.09. The average Bonchev–Trinajstić information content (AvgIpc) is 2.57. The van der Waals surface area contributed by atoms with E-state index in [1.165, 1.54) is 5.56 Å². The van der Waals surface area contributed by atoms with Crippen LogP contribution in [0.2, 0.25) is 0 Å². The molecule has 11 heavy (non-hydrogen) atoms. The number of fused-ring (bicyclic) bond motifs is 1. The highest BCUT2D eigenvalue weighted by Gasteiger charge is 2.61. The molecule has 0 radical (unpaired) electrons. The van der Waals surface area contributed by atoms with Crippen molar-refractivity contribution >= 4 is 18.0 Å². The van der Waals surface area contributed by atoms with Crippen molar-refractivity contribution in [1.29, 1.82) is 0 Å². The Balaban J connectivity index is 2.08. The topological polar surface area (TPSA) is 12.4 Å². The van der Waals surface area contributed by atoms with Crippen LogP contribution in [0.4, 0.5) is 0 Å². The monoisotopic (exact) mass is 161 g/mol. The lowest BCUT2D eigenvalue weighted by atomic mass is 10.0. The van der Waals surface area contributed by atoms with Crippen molar-refractivity contribution in [2.45, 2.75) is 10.1 Å². The van der Waals surface area contributed by atoms with E-state index in [1.807, 2.05) is 24.0 Å². The summed E-state index contributed by atoms with van der Waals surface area (Å²) in [4.78, 5) is 4.55. The van der Waals surface area contributed by atoms with Crippen molar-refractivity contribution in [1.82, 2.24) is 0 Å². The molecule has 0 spiro atoms. The van der Waals surface area contributed by atoms with E-state index in [2.05, 4.69) is 29.3 Å². The van der Waals surface area contributed by atoms with Gasteiger partial charge in [-0.05, 0) is 5.56 Å². The zero-order chi connectivity index (χ0) is 7.31. The maximum Gasteiger partial charge on any atom is 0.148 e. The number of rotatable bonds is 1. The first-order valence-electron chi connectivity index (χ1n) is 3.70. The normalized spacial score (nSPS) is 37.6. The number of hydrogen-bond acceptors (Lipinski definition) is 2. The number of thioether (sulfide) groups is 1. The minimum atomic E-state index is 0.168. The smallest absolute Gasteiger partial charge is 0.148 e. The lowest BCUT2D eigenvalue weighted by Gasteiger charge is -2.14. The third-order valence-corrected chi connectivity index (χ3v) is 3.64. The van der Waals surface area contributed by atoms with E-state index in [0.29, 0.717) is 5.25 Å². The quantitative estimate of drug-likeness (QED) is 0.574. The lowest BCUT2D eigenvalue weighted by Crippen LogP contribution is -2.18. The summed E-state index contributed by atoms with van der Waals surface area (Å²) in [5, 5.41) is 0.685. The van der Waals surface area contributed by atoms with Crippen LogP contribution in [-0.4, -0.2) is 11.5 Å². The maximum atomic E-state index is 4.38. The summed E-state index contributed by atoms with van der Waals surface area (Å²) in [6, 6.07) is 10.5. The van der Waals surface area contributed by atoms with Crippen LogP contribution in [0.1, 0.15) is 5.56 Å². The second kappa shape index (κ2) is 1.69. The SMILES string of the molecule is C1=NC2(c3ccccc3)SC12. The molecule has 2 heteroatoms. The van der Waals surface area contributed by atoms with E-state index in [9.17, 15) is 0 Å². The van der Waals surface area contributed by atoms with E-state index in [0.717, 1.165) is 0 Å². The molecule has 0 aliphatic carbocycles. The molecule has 2 heterocycles. The van der Waals surface area contributed by atoms with Gasteiger partial charge in [0.15, 0.2) is 0 Å². The molecule has 1 nitrogen and oxygen atoms in total. The molecule has 2 aliphatic rings. The van der Waals surface area contributed by atoms with Crippen LogP contribution in [0.5, 0.6) is 0 Å². The van der Waals surface area contributed by atoms with Crippen LogP contribution in [0.25, 0.3) is 0 Å². The molecule has 2 unspecified atom stereocenters. The van der Waals surface area contributed by atoms with Gasteiger partial charge in [0.2, 0.25) is 0 Å². The predicted octanol–water partition coefficient (Wildman–Crippen LogP) is 2.04. The molecule has 0 aromatic heterocycles. The van der Waals surface area contributed by atoms with Crippen molar-refractivity contribution in [2.75, 3.05) is 0 Å². The Bertz CT molecular complexity index is 320. The van der Waals surface area contributed by atoms with Gasteiger partial charge in [-0.1, -0.05) is 30.3 Å². The second-order valence-electron chi connectivity index (χ2n) is 2.88. The summed E-state index contributed by atoms with van der Waals surface area (Å²) in [6.07, 6.45) is 2.04. The van der Waals surface area contributed by atoms with Gasteiger partial charge in [0, 0.05) is 6.21 Å². The van der Waals surface area contributed by atoms with Crippen molar-refractivity contribution in [3.63, 3.8) is 0 Å². The fraction of sp³-hybridized carbons (Fsp3) is 0.222. The molecular formula is C9H7NS. The number of nitrogens with zero attached hydrogens (tertiary/aromatic N) is 1. The first-order valence-corrected chi connectivity index (χ1v) is 4.58.